The fourth-order valence-corrected chi connectivity index (χ4v) is 4.33. The zero-order valence-electron chi connectivity index (χ0n) is 17.4. The Morgan fingerprint density at radius 3 is 1.94 bits per heavy atom. The van der Waals surface area contributed by atoms with E-state index >= 15 is 0 Å². The molecule has 0 radical (unpaired) electrons. The second-order valence-corrected chi connectivity index (χ2v) is 9.20. The minimum absolute atomic E-state index is 0.0631. The number of carbonyl (C=O) groups excluding carboxylic acids is 2. The Labute approximate surface area is 182 Å². The molecule has 0 heterocycles. The molecule has 0 aromatic heterocycles. The first-order valence-corrected chi connectivity index (χ1v) is 11.4. The molecule has 3 aromatic rings. The number of likely N-dealkylation sites (N-methyl/N-ethyl adjacent to an activating group) is 1. The second-order valence-electron chi connectivity index (χ2n) is 7.24. The fourth-order valence-electron chi connectivity index (χ4n) is 3.03. The summed E-state index contributed by atoms with van der Waals surface area (Å²) in [6.07, 6.45) is 0. The number of hydrogen-bond acceptors (Lipinski definition) is 5. The van der Waals surface area contributed by atoms with Crippen molar-refractivity contribution in [1.29, 1.82) is 0 Å². The number of hydrogen-bond donors (Lipinski definition) is 0. The van der Waals surface area contributed by atoms with Crippen LogP contribution in [0.15, 0.2) is 89.8 Å². The van der Waals surface area contributed by atoms with E-state index in [0.29, 0.717) is 0 Å². The van der Waals surface area contributed by atoms with Gasteiger partial charge >= 0.3 is 0 Å². The molecule has 0 unspecified atom stereocenters. The summed E-state index contributed by atoms with van der Waals surface area (Å²) in [6, 6.07) is 23.7. The van der Waals surface area contributed by atoms with Gasteiger partial charge in [-0.1, -0.05) is 54.1 Å². The Morgan fingerprint density at radius 1 is 0.806 bits per heavy atom. The summed E-state index contributed by atoms with van der Waals surface area (Å²) in [6.45, 7) is 1.70. The molecule has 0 aliphatic carbocycles. The third kappa shape index (κ3) is 5.58. The maximum Gasteiger partial charge on any atom is 0.261 e. The monoisotopic (exact) mass is 436 g/mol. The lowest BCUT2D eigenvalue weighted by atomic mass is 10.2. The van der Waals surface area contributed by atoms with Crippen LogP contribution in [-0.2, 0) is 14.6 Å². The SMILES string of the molecule is Cc1ccc(S(=O)(=O)CN(C(=O)CN(C)c2ccccc2)C(=O)c2ccccc2)cc1. The van der Waals surface area contributed by atoms with Crippen LogP contribution in [0, 0.1) is 6.92 Å². The number of anilines is 1. The Hall–Kier alpha value is -3.45. The summed E-state index contributed by atoms with van der Waals surface area (Å²) in [5.74, 6) is -1.98. The molecule has 0 spiro atoms. The second kappa shape index (κ2) is 9.57. The fraction of sp³-hybridized carbons (Fsp3) is 0.167. The molecular weight excluding hydrogens is 412 g/mol. The first kappa shape index (κ1) is 22.2. The van der Waals surface area contributed by atoms with Crippen molar-refractivity contribution in [2.45, 2.75) is 11.8 Å². The summed E-state index contributed by atoms with van der Waals surface area (Å²) in [5, 5.41) is 0. The van der Waals surface area contributed by atoms with Crippen LogP contribution in [0.4, 0.5) is 5.69 Å². The number of amides is 2. The van der Waals surface area contributed by atoms with Crippen molar-refractivity contribution in [2.24, 2.45) is 0 Å². The number of rotatable bonds is 7. The zero-order valence-corrected chi connectivity index (χ0v) is 18.2. The van der Waals surface area contributed by atoms with Crippen LogP contribution in [0.3, 0.4) is 0 Å². The first-order valence-electron chi connectivity index (χ1n) is 9.73. The minimum atomic E-state index is -3.91. The smallest absolute Gasteiger partial charge is 0.261 e. The lowest BCUT2D eigenvalue weighted by Crippen LogP contribution is -2.45. The van der Waals surface area contributed by atoms with Gasteiger partial charge in [-0.25, -0.2) is 8.42 Å². The molecule has 0 bridgehead atoms. The van der Waals surface area contributed by atoms with Crippen LogP contribution < -0.4 is 4.90 Å². The van der Waals surface area contributed by atoms with Crippen molar-refractivity contribution in [3.8, 4) is 0 Å². The molecule has 0 N–H and O–H groups in total. The standard InChI is InChI=1S/C24H24N2O4S/c1-19-13-15-22(16-14-19)31(29,30)18-26(24(28)20-9-5-3-6-10-20)23(27)17-25(2)21-11-7-4-8-12-21/h3-16H,17-18H2,1-2H3. The van der Waals surface area contributed by atoms with E-state index in [0.717, 1.165) is 16.2 Å². The predicted molar refractivity (Wildman–Crippen MR) is 121 cm³/mol. The van der Waals surface area contributed by atoms with Crippen LogP contribution >= 0.6 is 0 Å². The first-order chi connectivity index (χ1) is 14.8. The summed E-state index contributed by atoms with van der Waals surface area (Å²) in [4.78, 5) is 28.7. The average Bonchev–Trinajstić information content (AvgIpc) is 2.78. The molecule has 0 atom stereocenters. The van der Waals surface area contributed by atoms with Gasteiger partial charge in [-0.3, -0.25) is 14.5 Å². The van der Waals surface area contributed by atoms with E-state index in [1.165, 1.54) is 12.1 Å². The largest absolute Gasteiger partial charge is 0.365 e. The van der Waals surface area contributed by atoms with Gasteiger partial charge in [-0.05, 0) is 43.3 Å². The zero-order chi connectivity index (χ0) is 22.4. The highest BCUT2D eigenvalue weighted by molar-refractivity contribution is 7.91. The quantitative estimate of drug-likeness (QED) is 0.566. The van der Waals surface area contributed by atoms with E-state index in [9.17, 15) is 18.0 Å². The van der Waals surface area contributed by atoms with Crippen molar-refractivity contribution in [3.63, 3.8) is 0 Å². The minimum Gasteiger partial charge on any atom is -0.365 e. The third-order valence-corrected chi connectivity index (χ3v) is 6.40. The van der Waals surface area contributed by atoms with Gasteiger partial charge in [-0.2, -0.15) is 0 Å². The highest BCUT2D eigenvalue weighted by atomic mass is 32.2. The van der Waals surface area contributed by atoms with E-state index in [1.54, 1.807) is 54.4 Å². The highest BCUT2D eigenvalue weighted by Gasteiger charge is 2.29. The van der Waals surface area contributed by atoms with Gasteiger partial charge in [0.05, 0.1) is 11.4 Å². The van der Waals surface area contributed by atoms with Gasteiger partial charge < -0.3 is 4.90 Å². The molecule has 6 nitrogen and oxygen atoms in total. The van der Waals surface area contributed by atoms with E-state index in [-0.39, 0.29) is 17.0 Å². The van der Waals surface area contributed by atoms with Crippen molar-refractivity contribution < 1.29 is 18.0 Å². The van der Waals surface area contributed by atoms with Crippen LogP contribution in [0.25, 0.3) is 0 Å². The summed E-state index contributed by atoms with van der Waals surface area (Å²) in [7, 11) is -2.19. The Kier molecular flexibility index (Phi) is 6.87. The van der Waals surface area contributed by atoms with Crippen molar-refractivity contribution in [1.82, 2.24) is 4.90 Å². The lowest BCUT2D eigenvalue weighted by molar-refractivity contribution is -0.126. The Balaban J connectivity index is 1.90. The molecule has 0 fully saturated rings. The summed E-state index contributed by atoms with van der Waals surface area (Å²) >= 11 is 0. The van der Waals surface area contributed by atoms with E-state index < -0.39 is 27.5 Å². The molecule has 2 amide bonds. The van der Waals surface area contributed by atoms with Gasteiger partial charge in [0.15, 0.2) is 9.84 Å². The molecule has 31 heavy (non-hydrogen) atoms. The van der Waals surface area contributed by atoms with E-state index in [1.807, 2.05) is 37.3 Å². The number of carbonyl (C=O) groups is 2. The van der Waals surface area contributed by atoms with Gasteiger partial charge in [-0.15, -0.1) is 0 Å². The van der Waals surface area contributed by atoms with Crippen LogP contribution in [0.2, 0.25) is 0 Å². The Morgan fingerprint density at radius 2 is 1.35 bits per heavy atom. The van der Waals surface area contributed by atoms with Crippen LogP contribution in [0.1, 0.15) is 15.9 Å². The lowest BCUT2D eigenvalue weighted by Gasteiger charge is -2.25. The normalized spacial score (nSPS) is 11.0. The molecular formula is C24H24N2O4S. The molecule has 0 saturated carbocycles. The molecule has 0 aliphatic rings. The van der Waals surface area contributed by atoms with Gasteiger partial charge in [0.25, 0.3) is 5.91 Å². The molecule has 3 aromatic carbocycles. The number of imide groups is 1. The van der Waals surface area contributed by atoms with Gasteiger partial charge in [0.1, 0.15) is 5.88 Å². The molecule has 0 aliphatic heterocycles. The molecule has 0 saturated heterocycles. The van der Waals surface area contributed by atoms with Crippen molar-refractivity contribution in [3.05, 3.63) is 96.1 Å². The topological polar surface area (TPSA) is 74.8 Å². The van der Waals surface area contributed by atoms with Crippen LogP contribution in [-0.4, -0.2) is 44.6 Å². The Bertz CT molecular complexity index is 1150. The molecule has 7 heteroatoms. The number of nitrogens with zero attached hydrogens (tertiary/aromatic N) is 2. The summed E-state index contributed by atoms with van der Waals surface area (Å²) in [5.41, 5.74) is 1.94. The van der Waals surface area contributed by atoms with E-state index in [2.05, 4.69) is 0 Å². The van der Waals surface area contributed by atoms with E-state index in [4.69, 9.17) is 0 Å². The molecule has 3 rings (SSSR count). The number of para-hydroxylation sites is 1. The maximum atomic E-state index is 13.1. The number of sulfone groups is 1. The van der Waals surface area contributed by atoms with Crippen molar-refractivity contribution in [2.75, 3.05) is 24.4 Å². The average molecular weight is 437 g/mol. The number of aryl methyl sites for hydroxylation is 1. The molecule has 160 valence electrons. The third-order valence-electron chi connectivity index (χ3n) is 4.82. The number of benzene rings is 3. The maximum absolute atomic E-state index is 13.1. The van der Waals surface area contributed by atoms with Crippen LogP contribution in [0.5, 0.6) is 0 Å². The van der Waals surface area contributed by atoms with Gasteiger partial charge in [0.2, 0.25) is 5.91 Å². The van der Waals surface area contributed by atoms with Crippen molar-refractivity contribution >= 4 is 27.3 Å². The predicted octanol–water partition coefficient (Wildman–Crippen LogP) is 3.53. The van der Waals surface area contributed by atoms with Gasteiger partial charge in [0, 0.05) is 18.3 Å². The highest BCUT2D eigenvalue weighted by Crippen LogP contribution is 2.17. The summed E-state index contributed by atoms with van der Waals surface area (Å²) < 4.78 is 26.0.